The van der Waals surface area contributed by atoms with Gasteiger partial charge < -0.3 is 14.9 Å². The molecule has 2 N–H and O–H groups in total. The maximum absolute atomic E-state index is 9.42. The number of rotatable bonds is 7. The zero-order valence-electron chi connectivity index (χ0n) is 11.1. The summed E-state index contributed by atoms with van der Waals surface area (Å²) in [5, 5.41) is 18.2. The maximum atomic E-state index is 9.42. The van der Waals surface area contributed by atoms with E-state index in [9.17, 15) is 5.11 Å². The molecule has 0 aliphatic rings. The van der Waals surface area contributed by atoms with Gasteiger partial charge in [0.1, 0.15) is 0 Å². The first-order valence-electron chi connectivity index (χ1n) is 6.11. The third kappa shape index (κ3) is 5.00. The highest BCUT2D eigenvalue weighted by Crippen LogP contribution is 2.19. The first kappa shape index (κ1) is 14.9. The topological polar surface area (TPSA) is 49.7 Å². The van der Waals surface area contributed by atoms with Crippen molar-refractivity contribution < 1.29 is 14.9 Å². The van der Waals surface area contributed by atoms with Crippen LogP contribution in [0.2, 0.25) is 0 Å². The van der Waals surface area contributed by atoms with Crippen LogP contribution in [-0.4, -0.2) is 28.5 Å². The molecule has 0 aliphatic carbocycles. The smallest absolute Gasteiger partial charge is 0.0798 e. The molecule has 0 aliphatic heterocycles. The summed E-state index contributed by atoms with van der Waals surface area (Å²) < 4.78 is 5.76. The van der Waals surface area contributed by atoms with Crippen LogP contribution >= 0.6 is 0 Å². The standard InChI is InChI=1S/C15H22O3/c1-4-12-5-7-13(8-6-12)11-18-15(2,3)9-14(17)10-16/h4-8,14,16-17H,1,9-11H2,2-3H3. The molecule has 100 valence electrons. The fourth-order valence-corrected chi connectivity index (χ4v) is 1.72. The summed E-state index contributed by atoms with van der Waals surface area (Å²) in [4.78, 5) is 0. The second-order valence-corrected chi connectivity index (χ2v) is 5.03. The zero-order chi connectivity index (χ0) is 13.6. The molecule has 1 unspecified atom stereocenters. The highest BCUT2D eigenvalue weighted by molar-refractivity contribution is 5.47. The van der Waals surface area contributed by atoms with Crippen molar-refractivity contribution in [2.75, 3.05) is 6.61 Å². The Morgan fingerprint density at radius 3 is 2.44 bits per heavy atom. The van der Waals surface area contributed by atoms with Crippen LogP contribution in [-0.2, 0) is 11.3 Å². The Labute approximate surface area is 109 Å². The van der Waals surface area contributed by atoms with Crippen LogP contribution in [0.1, 0.15) is 31.4 Å². The largest absolute Gasteiger partial charge is 0.394 e. The third-order valence-electron chi connectivity index (χ3n) is 2.78. The Kier molecular flexibility index (Phi) is 5.54. The van der Waals surface area contributed by atoms with Crippen molar-refractivity contribution in [3.63, 3.8) is 0 Å². The molecule has 0 saturated heterocycles. The van der Waals surface area contributed by atoms with Gasteiger partial charge in [0.2, 0.25) is 0 Å². The highest BCUT2D eigenvalue weighted by Gasteiger charge is 2.22. The molecule has 0 radical (unpaired) electrons. The second-order valence-electron chi connectivity index (χ2n) is 5.03. The van der Waals surface area contributed by atoms with Gasteiger partial charge >= 0.3 is 0 Å². The first-order chi connectivity index (χ1) is 8.46. The molecule has 1 rings (SSSR count). The van der Waals surface area contributed by atoms with E-state index in [2.05, 4.69) is 6.58 Å². The van der Waals surface area contributed by atoms with E-state index < -0.39 is 11.7 Å². The molecule has 0 saturated carbocycles. The quantitative estimate of drug-likeness (QED) is 0.781. The Balaban J connectivity index is 2.50. The van der Waals surface area contributed by atoms with Crippen molar-refractivity contribution in [2.24, 2.45) is 0 Å². The van der Waals surface area contributed by atoms with Gasteiger partial charge in [-0.05, 0) is 25.0 Å². The number of benzene rings is 1. The fraction of sp³-hybridized carbons (Fsp3) is 0.467. The van der Waals surface area contributed by atoms with Crippen LogP contribution in [0.4, 0.5) is 0 Å². The summed E-state index contributed by atoms with van der Waals surface area (Å²) in [6.07, 6.45) is 1.48. The van der Waals surface area contributed by atoms with Gasteiger partial charge in [0.05, 0.1) is 24.9 Å². The summed E-state index contributed by atoms with van der Waals surface area (Å²) in [6.45, 7) is 7.77. The molecule has 3 heteroatoms. The summed E-state index contributed by atoms with van der Waals surface area (Å²) in [5.41, 5.74) is 1.69. The molecule has 3 nitrogen and oxygen atoms in total. The number of hydrogen-bond acceptors (Lipinski definition) is 3. The van der Waals surface area contributed by atoms with Crippen molar-refractivity contribution in [1.29, 1.82) is 0 Å². The molecule has 0 heterocycles. The minimum Gasteiger partial charge on any atom is -0.394 e. The van der Waals surface area contributed by atoms with Gasteiger partial charge in [0, 0.05) is 6.42 Å². The lowest BCUT2D eigenvalue weighted by atomic mass is 10.0. The third-order valence-corrected chi connectivity index (χ3v) is 2.78. The van der Waals surface area contributed by atoms with Gasteiger partial charge in [-0.25, -0.2) is 0 Å². The highest BCUT2D eigenvalue weighted by atomic mass is 16.5. The predicted molar refractivity (Wildman–Crippen MR) is 73.1 cm³/mol. The van der Waals surface area contributed by atoms with Crippen molar-refractivity contribution in [1.82, 2.24) is 0 Å². The van der Waals surface area contributed by atoms with Crippen LogP contribution in [0.5, 0.6) is 0 Å². The molecule has 18 heavy (non-hydrogen) atoms. The Hall–Kier alpha value is -1.16. The average molecular weight is 250 g/mol. The normalized spacial score (nSPS) is 13.3. The van der Waals surface area contributed by atoms with Crippen molar-refractivity contribution in [2.45, 2.75) is 38.6 Å². The van der Waals surface area contributed by atoms with Gasteiger partial charge in [-0.1, -0.05) is 36.9 Å². The molecule has 1 aromatic rings. The fourth-order valence-electron chi connectivity index (χ4n) is 1.72. The lowest BCUT2D eigenvalue weighted by molar-refractivity contribution is -0.0666. The van der Waals surface area contributed by atoms with Crippen molar-refractivity contribution in [3.8, 4) is 0 Å². The first-order valence-corrected chi connectivity index (χ1v) is 6.11. The molecule has 0 aromatic heterocycles. The van der Waals surface area contributed by atoms with E-state index in [1.165, 1.54) is 0 Å². The number of aliphatic hydroxyl groups is 2. The van der Waals surface area contributed by atoms with Crippen LogP contribution in [0.15, 0.2) is 30.8 Å². The molecular formula is C15H22O3. The van der Waals surface area contributed by atoms with E-state index in [1.54, 1.807) is 6.08 Å². The molecular weight excluding hydrogens is 228 g/mol. The maximum Gasteiger partial charge on any atom is 0.0798 e. The molecule has 0 spiro atoms. The van der Waals surface area contributed by atoms with Crippen LogP contribution in [0.3, 0.4) is 0 Å². The van der Waals surface area contributed by atoms with E-state index in [1.807, 2.05) is 38.1 Å². The van der Waals surface area contributed by atoms with E-state index in [4.69, 9.17) is 9.84 Å². The Bertz CT molecular complexity index is 368. The zero-order valence-corrected chi connectivity index (χ0v) is 11.1. The molecule has 1 aromatic carbocycles. The molecule has 0 fully saturated rings. The van der Waals surface area contributed by atoms with E-state index in [-0.39, 0.29) is 6.61 Å². The van der Waals surface area contributed by atoms with E-state index in [0.717, 1.165) is 11.1 Å². The number of aliphatic hydroxyl groups excluding tert-OH is 2. The minimum absolute atomic E-state index is 0.235. The molecule has 1 atom stereocenters. The number of ether oxygens (including phenoxy) is 1. The van der Waals surface area contributed by atoms with Crippen molar-refractivity contribution in [3.05, 3.63) is 42.0 Å². The lowest BCUT2D eigenvalue weighted by Gasteiger charge is -2.27. The molecule has 0 amide bonds. The summed E-state index contributed by atoms with van der Waals surface area (Å²) in [6, 6.07) is 7.97. The van der Waals surface area contributed by atoms with Gasteiger partial charge in [0.15, 0.2) is 0 Å². The summed E-state index contributed by atoms with van der Waals surface area (Å²) in [5.74, 6) is 0. The number of hydrogen-bond donors (Lipinski definition) is 2. The monoisotopic (exact) mass is 250 g/mol. The summed E-state index contributed by atoms with van der Waals surface area (Å²) >= 11 is 0. The van der Waals surface area contributed by atoms with Gasteiger partial charge in [-0.3, -0.25) is 0 Å². The van der Waals surface area contributed by atoms with E-state index >= 15 is 0 Å². The van der Waals surface area contributed by atoms with Crippen LogP contribution in [0.25, 0.3) is 6.08 Å². The predicted octanol–water partition coefficient (Wildman–Crippen LogP) is 2.37. The Morgan fingerprint density at radius 1 is 1.33 bits per heavy atom. The Morgan fingerprint density at radius 2 is 1.94 bits per heavy atom. The van der Waals surface area contributed by atoms with Crippen LogP contribution in [0, 0.1) is 0 Å². The minimum atomic E-state index is -0.733. The average Bonchev–Trinajstić information content (AvgIpc) is 2.36. The van der Waals surface area contributed by atoms with Crippen LogP contribution < -0.4 is 0 Å². The van der Waals surface area contributed by atoms with E-state index in [0.29, 0.717) is 13.0 Å². The molecule has 0 bridgehead atoms. The summed E-state index contributed by atoms with van der Waals surface area (Å²) in [7, 11) is 0. The van der Waals surface area contributed by atoms with Gasteiger partial charge in [-0.15, -0.1) is 0 Å². The van der Waals surface area contributed by atoms with Gasteiger partial charge in [0.25, 0.3) is 0 Å². The van der Waals surface area contributed by atoms with Gasteiger partial charge in [-0.2, -0.15) is 0 Å². The lowest BCUT2D eigenvalue weighted by Crippen LogP contribution is -2.31. The SMILES string of the molecule is C=Cc1ccc(COC(C)(C)CC(O)CO)cc1. The van der Waals surface area contributed by atoms with Crippen molar-refractivity contribution >= 4 is 6.08 Å². The second kappa shape index (κ2) is 6.69.